The van der Waals surface area contributed by atoms with E-state index in [0.29, 0.717) is 0 Å². The molecule has 0 amide bonds. The number of carbonyl (C=O) groups excluding carboxylic acids is 2. The van der Waals surface area contributed by atoms with Crippen molar-refractivity contribution in [3.63, 3.8) is 0 Å². The van der Waals surface area contributed by atoms with E-state index in [0.717, 1.165) is 6.07 Å². The van der Waals surface area contributed by atoms with E-state index in [2.05, 4.69) is 6.58 Å². The number of esters is 1. The molecular formula is C15H17FO5. The number of carbonyl (C=O) groups is 2. The minimum atomic E-state index is -0.802. The Morgan fingerprint density at radius 3 is 2.71 bits per heavy atom. The topological polar surface area (TPSA) is 61.8 Å². The maximum atomic E-state index is 13.5. The number of hydrogen-bond acceptors (Lipinski definition) is 5. The lowest BCUT2D eigenvalue weighted by Gasteiger charge is -2.11. The van der Waals surface area contributed by atoms with Gasteiger partial charge >= 0.3 is 5.97 Å². The van der Waals surface area contributed by atoms with Crippen LogP contribution in [-0.2, 0) is 14.3 Å². The van der Waals surface area contributed by atoms with Crippen LogP contribution in [0.4, 0.5) is 4.39 Å². The Balaban J connectivity index is 2.55. The first-order valence-corrected chi connectivity index (χ1v) is 6.25. The molecule has 0 aliphatic heterocycles. The molecule has 1 atom stereocenters. The fraction of sp³-hybridized carbons (Fsp3) is 0.333. The number of hydrogen-bond donors (Lipinski definition) is 0. The van der Waals surface area contributed by atoms with Gasteiger partial charge in [-0.15, -0.1) is 6.58 Å². The molecule has 0 aromatic heterocycles. The van der Waals surface area contributed by atoms with Gasteiger partial charge in [0.25, 0.3) is 0 Å². The lowest BCUT2D eigenvalue weighted by Crippen LogP contribution is -2.26. The quantitative estimate of drug-likeness (QED) is 0.418. The fourth-order valence-electron chi connectivity index (χ4n) is 1.46. The zero-order valence-electron chi connectivity index (χ0n) is 11.9. The van der Waals surface area contributed by atoms with Gasteiger partial charge in [0.15, 0.2) is 30.1 Å². The Bertz CT molecular complexity index is 527. The van der Waals surface area contributed by atoms with Gasteiger partial charge in [-0.1, -0.05) is 6.08 Å². The van der Waals surface area contributed by atoms with Gasteiger partial charge in [-0.05, 0) is 25.1 Å². The lowest BCUT2D eigenvalue weighted by atomic mass is 10.1. The van der Waals surface area contributed by atoms with Gasteiger partial charge in [0.2, 0.25) is 0 Å². The smallest absolute Gasteiger partial charge is 0.335 e. The van der Waals surface area contributed by atoms with E-state index in [1.807, 2.05) is 0 Å². The summed E-state index contributed by atoms with van der Waals surface area (Å²) in [5.41, 5.74) is 0.0979. The first-order chi connectivity index (χ1) is 9.99. The number of rotatable bonds is 8. The Morgan fingerprint density at radius 1 is 1.43 bits per heavy atom. The summed E-state index contributed by atoms with van der Waals surface area (Å²) < 4.78 is 28.1. The Labute approximate surface area is 122 Å². The van der Waals surface area contributed by atoms with Crippen LogP contribution < -0.4 is 4.74 Å². The first kappa shape index (κ1) is 16.8. The van der Waals surface area contributed by atoms with Crippen molar-refractivity contribution >= 4 is 11.8 Å². The Morgan fingerprint density at radius 2 is 2.14 bits per heavy atom. The molecule has 0 saturated carbocycles. The van der Waals surface area contributed by atoms with Crippen LogP contribution in [0.1, 0.15) is 17.3 Å². The summed E-state index contributed by atoms with van der Waals surface area (Å²) in [5, 5.41) is 0. The summed E-state index contributed by atoms with van der Waals surface area (Å²) in [4.78, 5) is 23.3. The van der Waals surface area contributed by atoms with Crippen molar-refractivity contribution in [1.82, 2.24) is 0 Å². The van der Waals surface area contributed by atoms with Crippen molar-refractivity contribution < 1.29 is 28.2 Å². The van der Waals surface area contributed by atoms with Gasteiger partial charge in [-0.3, -0.25) is 4.79 Å². The number of methoxy groups -OCH3 is 1. The fourth-order valence-corrected chi connectivity index (χ4v) is 1.46. The normalized spacial score (nSPS) is 11.6. The summed E-state index contributed by atoms with van der Waals surface area (Å²) in [7, 11) is 1.33. The Hall–Kier alpha value is -2.21. The average molecular weight is 296 g/mol. The van der Waals surface area contributed by atoms with Crippen LogP contribution in [0.25, 0.3) is 0 Å². The molecule has 1 aromatic rings. The second-order valence-corrected chi connectivity index (χ2v) is 4.14. The molecule has 0 radical (unpaired) electrons. The molecule has 114 valence electrons. The molecule has 1 rings (SSSR count). The van der Waals surface area contributed by atoms with E-state index < -0.39 is 30.3 Å². The monoisotopic (exact) mass is 296 g/mol. The molecule has 0 spiro atoms. The molecular weight excluding hydrogens is 279 g/mol. The van der Waals surface area contributed by atoms with Gasteiger partial charge in [0.05, 0.1) is 13.7 Å². The Kier molecular flexibility index (Phi) is 6.55. The van der Waals surface area contributed by atoms with E-state index in [4.69, 9.17) is 14.2 Å². The van der Waals surface area contributed by atoms with Crippen molar-refractivity contribution in [2.24, 2.45) is 0 Å². The predicted molar refractivity (Wildman–Crippen MR) is 73.9 cm³/mol. The zero-order chi connectivity index (χ0) is 15.8. The van der Waals surface area contributed by atoms with Crippen LogP contribution in [0.3, 0.4) is 0 Å². The molecule has 0 aliphatic rings. The molecule has 0 saturated heterocycles. The van der Waals surface area contributed by atoms with Crippen molar-refractivity contribution in [3.05, 3.63) is 42.2 Å². The average Bonchev–Trinajstić information content (AvgIpc) is 2.49. The minimum absolute atomic E-state index is 0.0370. The molecule has 0 bridgehead atoms. The van der Waals surface area contributed by atoms with E-state index >= 15 is 0 Å². The lowest BCUT2D eigenvalue weighted by molar-refractivity contribution is -0.154. The third kappa shape index (κ3) is 5.00. The van der Waals surface area contributed by atoms with E-state index in [1.165, 1.54) is 32.2 Å². The maximum absolute atomic E-state index is 13.5. The van der Waals surface area contributed by atoms with Crippen LogP contribution in [0.15, 0.2) is 30.9 Å². The van der Waals surface area contributed by atoms with Crippen molar-refractivity contribution in [1.29, 1.82) is 0 Å². The molecule has 0 fully saturated rings. The van der Waals surface area contributed by atoms with Crippen LogP contribution in [0.5, 0.6) is 5.75 Å². The number of benzene rings is 1. The molecule has 0 heterocycles. The van der Waals surface area contributed by atoms with E-state index in [-0.39, 0.29) is 17.9 Å². The van der Waals surface area contributed by atoms with Crippen molar-refractivity contribution in [2.45, 2.75) is 13.0 Å². The number of ether oxygens (including phenoxy) is 3. The van der Waals surface area contributed by atoms with Crippen molar-refractivity contribution in [2.75, 3.05) is 20.3 Å². The second-order valence-electron chi connectivity index (χ2n) is 4.14. The van der Waals surface area contributed by atoms with Crippen LogP contribution in [0.2, 0.25) is 0 Å². The number of halogens is 1. The zero-order valence-corrected chi connectivity index (χ0v) is 11.9. The molecule has 21 heavy (non-hydrogen) atoms. The number of ketones is 1. The summed E-state index contributed by atoms with van der Waals surface area (Å²) >= 11 is 0. The first-order valence-electron chi connectivity index (χ1n) is 6.25. The minimum Gasteiger partial charge on any atom is -0.494 e. The summed E-state index contributed by atoms with van der Waals surface area (Å²) in [5.74, 6) is -1.80. The molecule has 1 aromatic carbocycles. The summed E-state index contributed by atoms with van der Waals surface area (Å²) in [6.07, 6.45) is 0.693. The molecule has 0 N–H and O–H groups in total. The second kappa shape index (κ2) is 8.16. The maximum Gasteiger partial charge on any atom is 0.335 e. The number of Topliss-reactive ketones (excluding diaryl/α,β-unsaturated/α-hetero) is 1. The molecule has 5 nitrogen and oxygen atoms in total. The highest BCUT2D eigenvalue weighted by Crippen LogP contribution is 2.18. The van der Waals surface area contributed by atoms with Gasteiger partial charge in [0.1, 0.15) is 0 Å². The molecule has 1 unspecified atom stereocenters. The van der Waals surface area contributed by atoms with E-state index in [9.17, 15) is 14.0 Å². The van der Waals surface area contributed by atoms with Crippen LogP contribution >= 0.6 is 0 Å². The van der Waals surface area contributed by atoms with Gasteiger partial charge in [0, 0.05) is 5.56 Å². The summed E-state index contributed by atoms with van der Waals surface area (Å²) in [6.45, 7) is 4.68. The van der Waals surface area contributed by atoms with Crippen molar-refractivity contribution in [3.8, 4) is 5.75 Å². The van der Waals surface area contributed by atoms with Gasteiger partial charge < -0.3 is 14.2 Å². The highest BCUT2D eigenvalue weighted by molar-refractivity contribution is 5.98. The van der Waals surface area contributed by atoms with Crippen LogP contribution in [-0.4, -0.2) is 38.2 Å². The largest absolute Gasteiger partial charge is 0.494 e. The molecule has 6 heteroatoms. The van der Waals surface area contributed by atoms with E-state index in [1.54, 1.807) is 0 Å². The highest BCUT2D eigenvalue weighted by Gasteiger charge is 2.17. The van der Waals surface area contributed by atoms with Crippen LogP contribution in [0, 0.1) is 5.82 Å². The molecule has 0 aliphatic carbocycles. The van der Waals surface area contributed by atoms with Gasteiger partial charge in [-0.2, -0.15) is 0 Å². The summed E-state index contributed by atoms with van der Waals surface area (Å²) in [6, 6.07) is 3.77. The van der Waals surface area contributed by atoms with Gasteiger partial charge in [-0.25, -0.2) is 9.18 Å². The third-order valence-electron chi connectivity index (χ3n) is 2.62. The SMILES string of the molecule is C=CCOC(C)C(=O)OCC(=O)c1ccc(OC)c(F)c1. The highest BCUT2D eigenvalue weighted by atomic mass is 19.1. The third-order valence-corrected chi connectivity index (χ3v) is 2.62. The predicted octanol–water partition coefficient (Wildman–Crippen LogP) is 2.15. The standard InChI is InChI=1S/C15H17FO5/c1-4-7-20-10(2)15(18)21-9-13(17)11-5-6-14(19-3)12(16)8-11/h4-6,8,10H,1,7,9H2,2-3H3.